The number of ether oxygens (including phenoxy) is 2. The van der Waals surface area contributed by atoms with Crippen LogP contribution in [0.5, 0.6) is 0 Å². The molecule has 2 aromatic heterocycles. The van der Waals surface area contributed by atoms with Crippen molar-refractivity contribution in [2.24, 2.45) is 0 Å². The molecule has 7 nitrogen and oxygen atoms in total. The minimum Gasteiger partial charge on any atom is -0.462 e. The minimum atomic E-state index is -0.569. The van der Waals surface area contributed by atoms with E-state index in [1.165, 1.54) is 0 Å². The largest absolute Gasteiger partial charge is 0.462 e. The number of carbonyl (C=O) groups is 1. The van der Waals surface area contributed by atoms with Gasteiger partial charge < -0.3 is 19.4 Å². The molecule has 0 amide bonds. The highest BCUT2D eigenvalue weighted by molar-refractivity contribution is 5.96. The number of hydrogen-bond acceptors (Lipinski definition) is 6. The molecule has 2 aliphatic rings. The summed E-state index contributed by atoms with van der Waals surface area (Å²) in [5.74, 6) is 0.253. The lowest BCUT2D eigenvalue weighted by atomic mass is 9.95. The van der Waals surface area contributed by atoms with Crippen LogP contribution in [0.2, 0.25) is 0 Å². The molecule has 160 valence electrons. The van der Waals surface area contributed by atoms with Crippen LogP contribution in [0, 0.1) is 0 Å². The average molecular weight is 419 g/mol. The molecule has 1 N–H and O–H groups in total. The van der Waals surface area contributed by atoms with Crippen molar-refractivity contribution in [3.63, 3.8) is 0 Å². The second-order valence-electron chi connectivity index (χ2n) is 7.97. The van der Waals surface area contributed by atoms with Crippen molar-refractivity contribution in [3.8, 4) is 11.1 Å². The number of hydrogen-bond donors (Lipinski definition) is 1. The van der Waals surface area contributed by atoms with E-state index in [0.29, 0.717) is 18.6 Å². The first-order valence-corrected chi connectivity index (χ1v) is 10.8. The van der Waals surface area contributed by atoms with Gasteiger partial charge in [-0.15, -0.1) is 0 Å². The Hall–Kier alpha value is -3.19. The predicted molar refractivity (Wildman–Crippen MR) is 118 cm³/mol. The summed E-state index contributed by atoms with van der Waals surface area (Å²) < 4.78 is 13.2. The predicted octanol–water partition coefficient (Wildman–Crippen LogP) is 4.04. The first kappa shape index (κ1) is 19.8. The van der Waals surface area contributed by atoms with Gasteiger partial charge in [0.1, 0.15) is 11.4 Å². The quantitative estimate of drug-likeness (QED) is 0.629. The van der Waals surface area contributed by atoms with Crippen LogP contribution >= 0.6 is 0 Å². The topological polar surface area (TPSA) is 82.5 Å². The molecular formula is C24H25N3O4. The van der Waals surface area contributed by atoms with Gasteiger partial charge in [0.25, 0.3) is 0 Å². The number of aromatic nitrogens is 2. The van der Waals surface area contributed by atoms with Crippen LogP contribution in [-0.2, 0) is 22.7 Å². The summed E-state index contributed by atoms with van der Waals surface area (Å²) in [4.78, 5) is 30.2. The Labute approximate surface area is 180 Å². The van der Waals surface area contributed by atoms with Crippen molar-refractivity contribution in [1.82, 2.24) is 9.55 Å². The van der Waals surface area contributed by atoms with E-state index in [1.54, 1.807) is 13.1 Å². The molecule has 1 aromatic carbocycles. The number of rotatable bonds is 5. The number of anilines is 1. The maximum absolute atomic E-state index is 13.2. The molecule has 0 bridgehead atoms. The van der Waals surface area contributed by atoms with Crippen molar-refractivity contribution in [3.05, 3.63) is 57.5 Å². The summed E-state index contributed by atoms with van der Waals surface area (Å²) in [7, 11) is 0. The third kappa shape index (κ3) is 3.39. The molecule has 5 rings (SSSR count). The van der Waals surface area contributed by atoms with E-state index >= 15 is 0 Å². The third-order valence-corrected chi connectivity index (χ3v) is 5.88. The van der Waals surface area contributed by atoms with E-state index in [1.807, 2.05) is 31.3 Å². The van der Waals surface area contributed by atoms with Gasteiger partial charge in [-0.3, -0.25) is 4.79 Å². The lowest BCUT2D eigenvalue weighted by molar-refractivity contribution is 0.0524. The first-order valence-electron chi connectivity index (χ1n) is 10.8. The molecule has 1 saturated carbocycles. The van der Waals surface area contributed by atoms with Crippen molar-refractivity contribution < 1.29 is 14.3 Å². The van der Waals surface area contributed by atoms with Gasteiger partial charge in [-0.2, -0.15) is 0 Å². The second kappa shape index (κ2) is 7.81. The van der Waals surface area contributed by atoms with Gasteiger partial charge in [0.15, 0.2) is 0 Å². The number of esters is 1. The highest BCUT2D eigenvalue weighted by atomic mass is 16.5. The zero-order chi connectivity index (χ0) is 21.5. The van der Waals surface area contributed by atoms with Gasteiger partial charge in [0.2, 0.25) is 5.43 Å². The number of fused-ring (bicyclic) bond motifs is 5. The van der Waals surface area contributed by atoms with Crippen LogP contribution < -0.4 is 10.7 Å². The zero-order valence-electron chi connectivity index (χ0n) is 17.7. The van der Waals surface area contributed by atoms with Gasteiger partial charge >= 0.3 is 5.97 Å². The van der Waals surface area contributed by atoms with Crippen LogP contribution in [-0.4, -0.2) is 28.7 Å². The van der Waals surface area contributed by atoms with Gasteiger partial charge in [0.05, 0.1) is 25.3 Å². The molecule has 3 aromatic rings. The third-order valence-electron chi connectivity index (χ3n) is 5.88. The molecule has 0 radical (unpaired) electrons. The van der Waals surface area contributed by atoms with E-state index < -0.39 is 5.97 Å². The van der Waals surface area contributed by atoms with E-state index in [-0.39, 0.29) is 23.6 Å². The molecule has 0 atom stereocenters. The Bertz CT molecular complexity index is 1240. The first-order chi connectivity index (χ1) is 15.1. The van der Waals surface area contributed by atoms with Crippen molar-refractivity contribution >= 4 is 22.7 Å². The summed E-state index contributed by atoms with van der Waals surface area (Å²) in [6.07, 6.45) is 5.60. The van der Waals surface area contributed by atoms with Crippen LogP contribution in [0.1, 0.15) is 54.2 Å². The Morgan fingerprint density at radius 1 is 1.26 bits per heavy atom. The van der Waals surface area contributed by atoms with E-state index in [9.17, 15) is 9.59 Å². The molecule has 7 heteroatoms. The molecule has 0 spiro atoms. The number of pyridine rings is 2. The summed E-state index contributed by atoms with van der Waals surface area (Å²) in [5, 5.41) is 3.77. The van der Waals surface area contributed by atoms with Gasteiger partial charge in [0, 0.05) is 41.5 Å². The number of nitrogens with zero attached hydrogens (tertiary/aromatic N) is 2. The maximum atomic E-state index is 13.2. The molecule has 1 aliphatic carbocycles. The van der Waals surface area contributed by atoms with Crippen molar-refractivity contribution in [2.75, 3.05) is 18.5 Å². The highest BCUT2D eigenvalue weighted by Crippen LogP contribution is 2.41. The molecule has 3 heterocycles. The standard InChI is InChI=1S/C24H25N3O4/c1-3-25-21-9-14-12-30-13-20-16(18(14)10-26-21)7-8-17-22(20)27(15-5-6-15)11-19(23(17)28)24(29)31-4-2/h7-11,15H,3-6,12-13H2,1-2H3,(H,25,26). The van der Waals surface area contributed by atoms with Gasteiger partial charge in [-0.1, -0.05) is 6.07 Å². The van der Waals surface area contributed by atoms with Gasteiger partial charge in [-0.05, 0) is 49.9 Å². The SMILES string of the molecule is CCNc1cc2c(cn1)-c1ccc3c(=O)c(C(=O)OCC)cn(C4CC4)c3c1COC2. The smallest absolute Gasteiger partial charge is 0.343 e. The fourth-order valence-corrected chi connectivity index (χ4v) is 4.32. The molecule has 0 unspecified atom stereocenters. The highest BCUT2D eigenvalue weighted by Gasteiger charge is 2.30. The van der Waals surface area contributed by atoms with E-state index in [4.69, 9.17) is 9.47 Å². The van der Waals surface area contributed by atoms with Crippen LogP contribution in [0.15, 0.2) is 35.4 Å². The number of benzene rings is 1. The summed E-state index contributed by atoms with van der Waals surface area (Å²) in [6.45, 7) is 5.67. The molecule has 1 fully saturated rings. The lowest BCUT2D eigenvalue weighted by Gasteiger charge is -2.18. The lowest BCUT2D eigenvalue weighted by Crippen LogP contribution is -2.21. The minimum absolute atomic E-state index is 0.0908. The van der Waals surface area contributed by atoms with Crippen LogP contribution in [0.3, 0.4) is 0 Å². The van der Waals surface area contributed by atoms with Crippen LogP contribution in [0.4, 0.5) is 5.82 Å². The fourth-order valence-electron chi connectivity index (χ4n) is 4.32. The average Bonchev–Trinajstić information content (AvgIpc) is 3.61. The Morgan fingerprint density at radius 3 is 2.84 bits per heavy atom. The molecule has 31 heavy (non-hydrogen) atoms. The number of nitrogens with one attached hydrogen (secondary N) is 1. The van der Waals surface area contributed by atoms with Gasteiger partial charge in [-0.25, -0.2) is 9.78 Å². The normalized spacial score (nSPS) is 15.2. The molecule has 1 aliphatic heterocycles. The fraction of sp³-hybridized carbons (Fsp3) is 0.375. The van der Waals surface area contributed by atoms with E-state index in [0.717, 1.165) is 53.0 Å². The summed E-state index contributed by atoms with van der Waals surface area (Å²) in [5.41, 5.74) is 4.71. The molecular weight excluding hydrogens is 394 g/mol. The second-order valence-corrected chi connectivity index (χ2v) is 7.97. The summed E-state index contributed by atoms with van der Waals surface area (Å²) in [6, 6.07) is 6.08. The van der Waals surface area contributed by atoms with Crippen molar-refractivity contribution in [1.29, 1.82) is 0 Å². The molecule has 0 saturated heterocycles. The Balaban J connectivity index is 1.75. The van der Waals surface area contributed by atoms with Crippen LogP contribution in [0.25, 0.3) is 22.0 Å². The van der Waals surface area contributed by atoms with E-state index in [2.05, 4.69) is 14.9 Å². The van der Waals surface area contributed by atoms with Crippen molar-refractivity contribution in [2.45, 2.75) is 45.9 Å². The number of carbonyl (C=O) groups excluding carboxylic acids is 1. The Morgan fingerprint density at radius 2 is 2.10 bits per heavy atom. The maximum Gasteiger partial charge on any atom is 0.343 e. The zero-order valence-corrected chi connectivity index (χ0v) is 17.7. The monoisotopic (exact) mass is 419 g/mol. The summed E-state index contributed by atoms with van der Waals surface area (Å²) >= 11 is 0. The Kier molecular flexibility index (Phi) is 4.98.